The summed E-state index contributed by atoms with van der Waals surface area (Å²) in [4.78, 5) is 0. The van der Waals surface area contributed by atoms with Crippen molar-refractivity contribution in [1.82, 2.24) is 20.1 Å². The molecule has 0 saturated heterocycles. The summed E-state index contributed by atoms with van der Waals surface area (Å²) in [6, 6.07) is 8.22. The van der Waals surface area contributed by atoms with Gasteiger partial charge in [-0.25, -0.2) is 0 Å². The molecule has 0 bridgehead atoms. The zero-order valence-corrected chi connectivity index (χ0v) is 11.4. The van der Waals surface area contributed by atoms with Crippen LogP contribution in [0.4, 0.5) is 0 Å². The van der Waals surface area contributed by atoms with Crippen LogP contribution in [0, 0.1) is 0 Å². The predicted molar refractivity (Wildman–Crippen MR) is 72.6 cm³/mol. The van der Waals surface area contributed by atoms with Crippen LogP contribution >= 0.6 is 11.6 Å². The van der Waals surface area contributed by atoms with Crippen molar-refractivity contribution in [3.63, 3.8) is 0 Å². The molecule has 1 aromatic carbocycles. The first-order valence-electron chi connectivity index (χ1n) is 5.98. The van der Waals surface area contributed by atoms with E-state index in [2.05, 4.69) is 22.4 Å². The normalized spacial score (nSPS) is 12.6. The van der Waals surface area contributed by atoms with Crippen molar-refractivity contribution >= 4 is 11.6 Å². The maximum atomic E-state index is 5.87. The van der Waals surface area contributed by atoms with E-state index in [1.165, 1.54) is 5.56 Å². The summed E-state index contributed by atoms with van der Waals surface area (Å²) in [5.74, 6) is 0.991. The van der Waals surface area contributed by atoms with Crippen LogP contribution in [-0.2, 0) is 13.5 Å². The van der Waals surface area contributed by atoms with Gasteiger partial charge in [-0.05, 0) is 24.6 Å². The molecule has 1 atom stereocenters. The number of nitrogens with zero attached hydrogens (tertiary/aromatic N) is 3. The summed E-state index contributed by atoms with van der Waals surface area (Å²) >= 11 is 5.87. The monoisotopic (exact) mass is 264 g/mol. The Labute approximate surface area is 112 Å². The van der Waals surface area contributed by atoms with E-state index in [-0.39, 0.29) is 0 Å². The summed E-state index contributed by atoms with van der Waals surface area (Å²) in [7, 11) is 1.96. The fourth-order valence-electron chi connectivity index (χ4n) is 1.80. The molecule has 0 fully saturated rings. The van der Waals surface area contributed by atoms with E-state index in [9.17, 15) is 0 Å². The number of benzene rings is 1. The van der Waals surface area contributed by atoms with Crippen LogP contribution in [0.15, 0.2) is 30.6 Å². The van der Waals surface area contributed by atoms with Gasteiger partial charge in [0.15, 0.2) is 0 Å². The van der Waals surface area contributed by atoms with Crippen LogP contribution < -0.4 is 5.32 Å². The second kappa shape index (κ2) is 5.98. The van der Waals surface area contributed by atoms with Crippen LogP contribution in [0.5, 0.6) is 0 Å². The van der Waals surface area contributed by atoms with Crippen molar-refractivity contribution in [2.24, 2.45) is 7.05 Å². The molecule has 1 N–H and O–H groups in total. The molecule has 1 aromatic heterocycles. The maximum absolute atomic E-state index is 5.87. The van der Waals surface area contributed by atoms with Gasteiger partial charge in [0.05, 0.1) is 0 Å². The summed E-state index contributed by atoms with van der Waals surface area (Å²) in [5, 5.41) is 12.1. The first-order chi connectivity index (χ1) is 8.66. The Balaban J connectivity index is 1.83. The minimum absolute atomic E-state index is 0.301. The lowest BCUT2D eigenvalue weighted by atomic mass is 10.1. The summed E-state index contributed by atoms with van der Waals surface area (Å²) < 4.78 is 1.94. The van der Waals surface area contributed by atoms with E-state index in [1.807, 2.05) is 35.9 Å². The molecule has 18 heavy (non-hydrogen) atoms. The average molecular weight is 265 g/mol. The molecule has 4 nitrogen and oxygen atoms in total. The topological polar surface area (TPSA) is 42.7 Å². The maximum Gasteiger partial charge on any atom is 0.133 e. The number of hydrogen-bond donors (Lipinski definition) is 1. The van der Waals surface area contributed by atoms with Gasteiger partial charge >= 0.3 is 0 Å². The summed E-state index contributed by atoms with van der Waals surface area (Å²) in [6.45, 7) is 3.01. The zero-order valence-electron chi connectivity index (χ0n) is 10.6. The Morgan fingerprint density at radius 3 is 2.67 bits per heavy atom. The zero-order chi connectivity index (χ0) is 13.0. The van der Waals surface area contributed by atoms with E-state index in [1.54, 1.807) is 6.33 Å². The van der Waals surface area contributed by atoms with Crippen molar-refractivity contribution in [2.45, 2.75) is 19.4 Å². The van der Waals surface area contributed by atoms with Gasteiger partial charge in [-0.3, -0.25) is 0 Å². The van der Waals surface area contributed by atoms with E-state index < -0.39 is 0 Å². The average Bonchev–Trinajstić information content (AvgIpc) is 2.76. The van der Waals surface area contributed by atoms with Crippen molar-refractivity contribution in [2.75, 3.05) is 6.54 Å². The van der Waals surface area contributed by atoms with Crippen molar-refractivity contribution in [3.05, 3.63) is 47.0 Å². The fraction of sp³-hybridized carbons (Fsp3) is 0.385. The van der Waals surface area contributed by atoms with Crippen LogP contribution in [0.2, 0.25) is 5.02 Å². The SMILES string of the molecule is CC(NCCc1nncn1C)c1ccc(Cl)cc1. The quantitative estimate of drug-likeness (QED) is 0.902. The van der Waals surface area contributed by atoms with Gasteiger partial charge in [-0.2, -0.15) is 0 Å². The van der Waals surface area contributed by atoms with Gasteiger partial charge in [0.25, 0.3) is 0 Å². The molecule has 0 aliphatic heterocycles. The smallest absolute Gasteiger partial charge is 0.133 e. The lowest BCUT2D eigenvalue weighted by molar-refractivity contribution is 0.564. The Hall–Kier alpha value is -1.39. The Morgan fingerprint density at radius 2 is 2.06 bits per heavy atom. The number of rotatable bonds is 5. The molecular formula is C13H17ClN4. The van der Waals surface area contributed by atoms with Gasteiger partial charge in [0.2, 0.25) is 0 Å². The Kier molecular flexibility index (Phi) is 4.33. The fourth-order valence-corrected chi connectivity index (χ4v) is 1.93. The second-order valence-corrected chi connectivity index (χ2v) is 4.77. The third-order valence-electron chi connectivity index (χ3n) is 2.97. The first kappa shape index (κ1) is 13.1. The van der Waals surface area contributed by atoms with Gasteiger partial charge in [0, 0.05) is 31.1 Å². The van der Waals surface area contributed by atoms with Crippen LogP contribution in [0.1, 0.15) is 24.4 Å². The summed E-state index contributed by atoms with van der Waals surface area (Å²) in [5.41, 5.74) is 1.23. The number of aromatic nitrogens is 3. The van der Waals surface area contributed by atoms with Crippen LogP contribution in [0.25, 0.3) is 0 Å². The predicted octanol–water partition coefficient (Wildman–Crippen LogP) is 2.36. The van der Waals surface area contributed by atoms with Crippen LogP contribution in [0.3, 0.4) is 0 Å². The number of aryl methyl sites for hydroxylation is 1. The van der Waals surface area contributed by atoms with Gasteiger partial charge in [-0.15, -0.1) is 10.2 Å². The van der Waals surface area contributed by atoms with Crippen molar-refractivity contribution in [1.29, 1.82) is 0 Å². The third-order valence-corrected chi connectivity index (χ3v) is 3.23. The molecule has 0 radical (unpaired) electrons. The van der Waals surface area contributed by atoms with Gasteiger partial charge < -0.3 is 9.88 Å². The van der Waals surface area contributed by atoms with Gasteiger partial charge in [-0.1, -0.05) is 23.7 Å². The minimum atomic E-state index is 0.301. The van der Waals surface area contributed by atoms with E-state index in [0.717, 1.165) is 23.8 Å². The molecule has 0 spiro atoms. The molecule has 1 unspecified atom stereocenters. The standard InChI is InChI=1S/C13H17ClN4/c1-10(11-3-5-12(14)6-4-11)15-8-7-13-17-16-9-18(13)2/h3-6,9-10,15H,7-8H2,1-2H3. The number of nitrogens with one attached hydrogen (secondary N) is 1. The highest BCUT2D eigenvalue weighted by Gasteiger charge is 2.05. The molecule has 0 aliphatic rings. The van der Waals surface area contributed by atoms with E-state index in [4.69, 9.17) is 11.6 Å². The molecule has 1 heterocycles. The molecule has 2 rings (SSSR count). The second-order valence-electron chi connectivity index (χ2n) is 4.34. The molecule has 0 amide bonds. The molecule has 96 valence electrons. The lowest BCUT2D eigenvalue weighted by Crippen LogP contribution is -2.22. The number of halogens is 1. The highest BCUT2D eigenvalue weighted by molar-refractivity contribution is 6.30. The largest absolute Gasteiger partial charge is 0.321 e. The first-order valence-corrected chi connectivity index (χ1v) is 6.36. The van der Waals surface area contributed by atoms with Crippen LogP contribution in [-0.4, -0.2) is 21.3 Å². The molecule has 5 heteroatoms. The molecule has 0 aliphatic carbocycles. The third kappa shape index (κ3) is 3.31. The molecule has 0 saturated carbocycles. The van der Waals surface area contributed by atoms with E-state index in [0.29, 0.717) is 6.04 Å². The molecular weight excluding hydrogens is 248 g/mol. The van der Waals surface area contributed by atoms with Crippen molar-refractivity contribution < 1.29 is 0 Å². The summed E-state index contributed by atoms with van der Waals surface area (Å²) in [6.07, 6.45) is 2.59. The van der Waals surface area contributed by atoms with Crippen molar-refractivity contribution in [3.8, 4) is 0 Å². The lowest BCUT2D eigenvalue weighted by Gasteiger charge is -2.14. The highest BCUT2D eigenvalue weighted by atomic mass is 35.5. The molecule has 2 aromatic rings. The minimum Gasteiger partial charge on any atom is -0.321 e. The highest BCUT2D eigenvalue weighted by Crippen LogP contribution is 2.15. The Morgan fingerprint density at radius 1 is 1.33 bits per heavy atom. The van der Waals surface area contributed by atoms with E-state index >= 15 is 0 Å². The number of hydrogen-bond acceptors (Lipinski definition) is 3. The van der Waals surface area contributed by atoms with Gasteiger partial charge in [0.1, 0.15) is 12.2 Å². The Bertz CT molecular complexity index is 492.